The van der Waals surface area contributed by atoms with Crippen molar-refractivity contribution in [1.82, 2.24) is 4.90 Å². The van der Waals surface area contributed by atoms with Gasteiger partial charge in [-0.25, -0.2) is 8.78 Å². The van der Waals surface area contributed by atoms with Crippen LogP contribution >= 0.6 is 0 Å². The molecule has 0 saturated heterocycles. The molecule has 0 radical (unpaired) electrons. The Kier molecular flexibility index (Phi) is 5.27. The summed E-state index contributed by atoms with van der Waals surface area (Å²) in [5, 5.41) is 2.60. The van der Waals surface area contributed by atoms with E-state index in [9.17, 15) is 13.6 Å². The van der Waals surface area contributed by atoms with Crippen LogP contribution in [0.15, 0.2) is 12.1 Å². The molecule has 0 bridgehead atoms. The van der Waals surface area contributed by atoms with Crippen molar-refractivity contribution in [2.75, 3.05) is 18.4 Å². The Morgan fingerprint density at radius 2 is 1.79 bits per heavy atom. The molecule has 0 atom stereocenters. The van der Waals surface area contributed by atoms with Crippen molar-refractivity contribution in [3.63, 3.8) is 0 Å². The van der Waals surface area contributed by atoms with Crippen LogP contribution < -0.4 is 5.32 Å². The number of halogens is 2. The van der Waals surface area contributed by atoms with Gasteiger partial charge in [-0.15, -0.1) is 0 Å². The number of anilines is 1. The molecule has 1 N–H and O–H groups in total. The molecule has 1 rings (SSSR count). The van der Waals surface area contributed by atoms with Crippen LogP contribution in [0.3, 0.4) is 0 Å². The van der Waals surface area contributed by atoms with Crippen molar-refractivity contribution < 1.29 is 13.6 Å². The van der Waals surface area contributed by atoms with Crippen LogP contribution in [-0.4, -0.2) is 29.9 Å². The molecular weight excluding hydrogens is 250 g/mol. The molecule has 3 nitrogen and oxygen atoms in total. The number of nitrogens with zero attached hydrogens (tertiary/aromatic N) is 1. The highest BCUT2D eigenvalue weighted by molar-refractivity contribution is 5.94. The van der Waals surface area contributed by atoms with E-state index in [1.165, 1.54) is 0 Å². The van der Waals surface area contributed by atoms with E-state index in [1.54, 1.807) is 11.8 Å². The fourth-order valence-electron chi connectivity index (χ4n) is 1.95. The molecule has 19 heavy (non-hydrogen) atoms. The molecule has 0 saturated carbocycles. The average molecular weight is 270 g/mol. The number of benzene rings is 1. The van der Waals surface area contributed by atoms with Crippen molar-refractivity contribution >= 4 is 11.6 Å². The molecule has 0 aliphatic rings. The number of hydrogen-bond donors (Lipinski definition) is 1. The van der Waals surface area contributed by atoms with E-state index in [2.05, 4.69) is 5.32 Å². The summed E-state index contributed by atoms with van der Waals surface area (Å²) in [6, 6.07) is 2.14. The number of hydrogen-bond acceptors (Lipinski definition) is 2. The largest absolute Gasteiger partial charge is 0.381 e. The van der Waals surface area contributed by atoms with Gasteiger partial charge in [0.1, 0.15) is 17.3 Å². The Balaban J connectivity index is 3.12. The summed E-state index contributed by atoms with van der Waals surface area (Å²) in [5.41, 5.74) is -0.154. The van der Waals surface area contributed by atoms with Crippen LogP contribution in [0.2, 0.25) is 0 Å². The minimum atomic E-state index is -0.745. The minimum Gasteiger partial charge on any atom is -0.381 e. The third kappa shape index (κ3) is 3.43. The lowest BCUT2D eigenvalue weighted by atomic mass is 10.1. The van der Waals surface area contributed by atoms with Gasteiger partial charge in [0.2, 0.25) is 0 Å². The summed E-state index contributed by atoms with van der Waals surface area (Å²) >= 11 is 0. The molecule has 0 heterocycles. The van der Waals surface area contributed by atoms with Crippen molar-refractivity contribution in [1.29, 1.82) is 0 Å². The number of carbonyl (C=O) groups is 1. The molecule has 5 heteroatoms. The van der Waals surface area contributed by atoms with Crippen molar-refractivity contribution in [3.05, 3.63) is 29.3 Å². The van der Waals surface area contributed by atoms with Gasteiger partial charge >= 0.3 is 0 Å². The van der Waals surface area contributed by atoms with Gasteiger partial charge < -0.3 is 10.2 Å². The first-order valence-electron chi connectivity index (χ1n) is 6.46. The molecule has 1 amide bonds. The molecule has 106 valence electrons. The van der Waals surface area contributed by atoms with Crippen LogP contribution in [0.5, 0.6) is 0 Å². The molecule has 0 aliphatic carbocycles. The first-order valence-corrected chi connectivity index (χ1v) is 6.46. The van der Waals surface area contributed by atoms with Gasteiger partial charge in [0.25, 0.3) is 5.91 Å². The zero-order chi connectivity index (χ0) is 14.6. The first-order chi connectivity index (χ1) is 8.92. The fourth-order valence-corrected chi connectivity index (χ4v) is 1.95. The number of rotatable bonds is 5. The highest BCUT2D eigenvalue weighted by Gasteiger charge is 2.20. The summed E-state index contributed by atoms with van der Waals surface area (Å²) in [7, 11) is 0. The number of carbonyl (C=O) groups excluding carboxylic acids is 1. The van der Waals surface area contributed by atoms with E-state index >= 15 is 0 Å². The van der Waals surface area contributed by atoms with Crippen LogP contribution in [0.25, 0.3) is 0 Å². The lowest BCUT2D eigenvalue weighted by molar-refractivity contribution is 0.0716. The second-order valence-electron chi connectivity index (χ2n) is 4.53. The van der Waals surface area contributed by atoms with E-state index in [0.717, 1.165) is 12.1 Å². The summed E-state index contributed by atoms with van der Waals surface area (Å²) in [5.74, 6) is -1.85. The molecular formula is C14H20F2N2O. The van der Waals surface area contributed by atoms with E-state index in [4.69, 9.17) is 0 Å². The Morgan fingerprint density at radius 3 is 2.16 bits per heavy atom. The Morgan fingerprint density at radius 1 is 1.26 bits per heavy atom. The smallest absolute Gasteiger partial charge is 0.254 e. The summed E-state index contributed by atoms with van der Waals surface area (Å²) in [6.07, 6.45) is 0. The first kappa shape index (κ1) is 15.4. The predicted molar refractivity (Wildman–Crippen MR) is 72.4 cm³/mol. The summed E-state index contributed by atoms with van der Waals surface area (Å²) in [6.45, 7) is 8.21. The third-order valence-electron chi connectivity index (χ3n) is 2.87. The van der Waals surface area contributed by atoms with Gasteiger partial charge in [-0.3, -0.25) is 4.79 Å². The zero-order valence-electron chi connectivity index (χ0n) is 11.8. The van der Waals surface area contributed by atoms with E-state index in [1.807, 2.05) is 20.8 Å². The van der Waals surface area contributed by atoms with Crippen molar-refractivity contribution in [2.45, 2.75) is 33.7 Å². The van der Waals surface area contributed by atoms with Gasteiger partial charge in [0.05, 0.1) is 0 Å². The van der Waals surface area contributed by atoms with Gasteiger partial charge in [-0.1, -0.05) is 0 Å². The van der Waals surface area contributed by atoms with Crippen molar-refractivity contribution in [2.24, 2.45) is 0 Å². The van der Waals surface area contributed by atoms with Gasteiger partial charge in [0, 0.05) is 24.7 Å². The standard InChI is InChI=1S/C14H20F2N2O/c1-5-17-13-11(15)7-10(8-12(13)16)14(19)18(6-2)9(3)4/h7-9,17H,5-6H2,1-4H3. The number of nitrogens with one attached hydrogen (secondary N) is 1. The highest BCUT2D eigenvalue weighted by atomic mass is 19.1. The molecule has 0 fully saturated rings. The highest BCUT2D eigenvalue weighted by Crippen LogP contribution is 2.22. The average Bonchev–Trinajstić information content (AvgIpc) is 2.33. The van der Waals surface area contributed by atoms with E-state index in [0.29, 0.717) is 13.1 Å². The van der Waals surface area contributed by atoms with Gasteiger partial charge in [-0.2, -0.15) is 0 Å². The van der Waals surface area contributed by atoms with Crippen molar-refractivity contribution in [3.8, 4) is 0 Å². The molecule has 0 aromatic heterocycles. The fraction of sp³-hybridized carbons (Fsp3) is 0.500. The normalized spacial score (nSPS) is 10.7. The van der Waals surface area contributed by atoms with E-state index in [-0.39, 0.29) is 23.2 Å². The lowest BCUT2D eigenvalue weighted by Gasteiger charge is -2.25. The quantitative estimate of drug-likeness (QED) is 0.890. The second kappa shape index (κ2) is 6.50. The Labute approximate surface area is 112 Å². The maximum atomic E-state index is 13.8. The van der Waals surface area contributed by atoms with E-state index < -0.39 is 11.6 Å². The molecule has 0 spiro atoms. The maximum Gasteiger partial charge on any atom is 0.254 e. The predicted octanol–water partition coefficient (Wildman–Crippen LogP) is 3.27. The van der Waals surface area contributed by atoms with Crippen LogP contribution in [0.4, 0.5) is 14.5 Å². The van der Waals surface area contributed by atoms with Crippen LogP contribution in [0, 0.1) is 11.6 Å². The molecule has 0 unspecified atom stereocenters. The molecule has 1 aromatic carbocycles. The topological polar surface area (TPSA) is 32.3 Å². The summed E-state index contributed by atoms with van der Waals surface area (Å²) in [4.78, 5) is 13.7. The SMILES string of the molecule is CCNc1c(F)cc(C(=O)N(CC)C(C)C)cc1F. The van der Waals surface area contributed by atoms with Crippen LogP contribution in [0.1, 0.15) is 38.1 Å². The minimum absolute atomic E-state index is 0.0166. The van der Waals surface area contributed by atoms with Crippen LogP contribution in [-0.2, 0) is 0 Å². The summed E-state index contributed by atoms with van der Waals surface area (Å²) < 4.78 is 27.5. The third-order valence-corrected chi connectivity index (χ3v) is 2.87. The molecule has 1 aromatic rings. The molecule has 0 aliphatic heterocycles. The van der Waals surface area contributed by atoms with Gasteiger partial charge in [0.15, 0.2) is 0 Å². The maximum absolute atomic E-state index is 13.8. The monoisotopic (exact) mass is 270 g/mol. The van der Waals surface area contributed by atoms with Gasteiger partial charge in [-0.05, 0) is 39.8 Å². The zero-order valence-corrected chi connectivity index (χ0v) is 11.8. The second-order valence-corrected chi connectivity index (χ2v) is 4.53. The Hall–Kier alpha value is -1.65. The lowest BCUT2D eigenvalue weighted by Crippen LogP contribution is -2.36. The Bertz CT molecular complexity index is 438. The number of amides is 1.